The molecule has 6 unspecified atom stereocenters. The number of esters is 1. The summed E-state index contributed by atoms with van der Waals surface area (Å²) in [5.74, 6) is -0.410. The van der Waals surface area contributed by atoms with E-state index >= 15 is 0 Å². The van der Waals surface area contributed by atoms with Crippen LogP contribution in [0.5, 0.6) is 0 Å². The smallest absolute Gasteiger partial charge is 0.305 e. The Morgan fingerprint density at radius 2 is 0.486 bits per heavy atom. The minimum absolute atomic E-state index is 0.101. The minimum Gasteiger partial charge on any atom is -0.463 e. The molecule has 10 aromatic rings. The van der Waals surface area contributed by atoms with E-state index in [-0.39, 0.29) is 85.7 Å². The molecule has 15 atom stereocenters. The molecule has 556 valence electrons. The summed E-state index contributed by atoms with van der Waals surface area (Å²) in [5.41, 5.74) is 7.76. The van der Waals surface area contributed by atoms with Gasteiger partial charge in [0, 0.05) is 11.3 Å². The Bertz CT molecular complexity index is 4100. The number of benzene rings is 10. The highest BCUT2D eigenvalue weighted by Gasteiger charge is 2.54. The third-order valence-corrected chi connectivity index (χ3v) is 20.0. The zero-order valence-electron chi connectivity index (χ0n) is 60.2. The Labute approximate surface area is 632 Å². The van der Waals surface area contributed by atoms with Gasteiger partial charge in [0.05, 0.1) is 72.7 Å². The van der Waals surface area contributed by atoms with Crippen LogP contribution in [0.1, 0.15) is 63.4 Å². The molecular formula is C90H94O16S. The van der Waals surface area contributed by atoms with E-state index in [1.807, 2.05) is 267 Å². The maximum Gasteiger partial charge on any atom is 0.305 e. The first kappa shape index (κ1) is 76.6. The molecule has 0 aliphatic carbocycles. The molecule has 16 nitrogen and oxygen atoms in total. The SMILES string of the molecule is CCC(=O)OCC1O[C@@H](OCC2O[C@@H](OCC3O[C@@H](Sc4ccccc4)C(OCc4ccccc4)[C@H](OCc4ccccc4)[C@@H]3OCc3ccccc3)C(OCc3ccccc3)[C@H](OCc3ccccc3)[C@@H]2OCc2ccccc2)C(OCc2ccccc2)[C@H](OCc2ccccc2)[C@@H]1OCc1ccccc1. The fourth-order valence-corrected chi connectivity index (χ4v) is 14.4. The monoisotopic (exact) mass is 1460 g/mol. The third-order valence-electron chi connectivity index (χ3n) is 18.9. The van der Waals surface area contributed by atoms with Gasteiger partial charge in [0.25, 0.3) is 0 Å². The Morgan fingerprint density at radius 1 is 0.262 bits per heavy atom. The first-order valence-electron chi connectivity index (χ1n) is 36.9. The van der Waals surface area contributed by atoms with E-state index < -0.39 is 97.2 Å². The second kappa shape index (κ2) is 41.1. The Hall–Kier alpha value is -8.54. The van der Waals surface area contributed by atoms with Crippen LogP contribution in [-0.2, 0) is 135 Å². The van der Waals surface area contributed by atoms with E-state index in [1.54, 1.807) is 18.7 Å². The van der Waals surface area contributed by atoms with Gasteiger partial charge in [-0.2, -0.15) is 0 Å². The van der Waals surface area contributed by atoms with Crippen LogP contribution in [0.15, 0.2) is 308 Å². The lowest BCUT2D eigenvalue weighted by Gasteiger charge is -2.49. The van der Waals surface area contributed by atoms with Crippen LogP contribution in [0.4, 0.5) is 0 Å². The summed E-state index contributed by atoms with van der Waals surface area (Å²) in [6, 6.07) is 100. The van der Waals surface area contributed by atoms with Crippen molar-refractivity contribution >= 4 is 17.7 Å². The first-order chi connectivity index (χ1) is 52.9. The summed E-state index contributed by atoms with van der Waals surface area (Å²) in [6.07, 6.45) is -12.8. The predicted octanol–water partition coefficient (Wildman–Crippen LogP) is 16.2. The number of rotatable bonds is 38. The molecule has 0 spiro atoms. The number of hydrogen-bond donors (Lipinski definition) is 0. The molecule has 0 N–H and O–H groups in total. The van der Waals surface area contributed by atoms with Gasteiger partial charge in [0.1, 0.15) is 85.3 Å². The maximum absolute atomic E-state index is 13.3. The summed E-state index contributed by atoms with van der Waals surface area (Å²) in [4.78, 5) is 14.2. The summed E-state index contributed by atoms with van der Waals surface area (Å²) in [5, 5.41) is 0. The van der Waals surface area contributed by atoms with Gasteiger partial charge < -0.3 is 71.1 Å². The lowest BCUT2D eigenvalue weighted by molar-refractivity contribution is -0.356. The van der Waals surface area contributed by atoms with E-state index in [9.17, 15) is 4.79 Å². The molecule has 0 bridgehead atoms. The fraction of sp³-hybridized carbons (Fsp3) is 0.322. The highest BCUT2D eigenvalue weighted by molar-refractivity contribution is 7.99. The van der Waals surface area contributed by atoms with Crippen LogP contribution in [0.25, 0.3) is 0 Å². The topological polar surface area (TPSA) is 156 Å². The van der Waals surface area contributed by atoms with Gasteiger partial charge in [0.15, 0.2) is 12.6 Å². The quantitative estimate of drug-likeness (QED) is 0.0337. The van der Waals surface area contributed by atoms with Crippen LogP contribution in [0.2, 0.25) is 0 Å². The fourth-order valence-electron chi connectivity index (χ4n) is 13.3. The molecule has 3 heterocycles. The van der Waals surface area contributed by atoms with Crippen molar-refractivity contribution in [2.45, 2.75) is 169 Å². The van der Waals surface area contributed by atoms with Crippen molar-refractivity contribution in [3.63, 3.8) is 0 Å². The van der Waals surface area contributed by atoms with Gasteiger partial charge in [-0.25, -0.2) is 0 Å². The molecule has 3 fully saturated rings. The van der Waals surface area contributed by atoms with Gasteiger partial charge in [-0.3, -0.25) is 4.79 Å². The van der Waals surface area contributed by atoms with Gasteiger partial charge in [-0.05, 0) is 62.2 Å². The van der Waals surface area contributed by atoms with E-state index in [0.29, 0.717) is 0 Å². The third kappa shape index (κ3) is 22.8. The molecule has 13 rings (SSSR count). The first-order valence-corrected chi connectivity index (χ1v) is 37.8. The van der Waals surface area contributed by atoms with Crippen molar-refractivity contribution in [1.29, 1.82) is 0 Å². The molecule has 10 aromatic carbocycles. The average Bonchev–Trinajstić information content (AvgIpc) is 0.776. The Balaban J connectivity index is 0.894. The van der Waals surface area contributed by atoms with Crippen molar-refractivity contribution in [2.75, 3.05) is 19.8 Å². The van der Waals surface area contributed by atoms with Crippen LogP contribution < -0.4 is 0 Å². The normalized spacial score (nSPS) is 24.3. The Morgan fingerprint density at radius 3 is 0.766 bits per heavy atom. The van der Waals surface area contributed by atoms with Gasteiger partial charge in [0.2, 0.25) is 0 Å². The summed E-state index contributed by atoms with van der Waals surface area (Å²) >= 11 is 1.55. The second-order valence-electron chi connectivity index (χ2n) is 26.6. The average molecular weight is 1460 g/mol. The van der Waals surface area contributed by atoms with Crippen molar-refractivity contribution in [3.8, 4) is 0 Å². The van der Waals surface area contributed by atoms with E-state index in [4.69, 9.17) is 71.1 Å². The van der Waals surface area contributed by atoms with Crippen molar-refractivity contribution < 1.29 is 75.8 Å². The van der Waals surface area contributed by atoms with Crippen LogP contribution >= 0.6 is 11.8 Å². The molecule has 0 amide bonds. The molecule has 107 heavy (non-hydrogen) atoms. The number of ether oxygens (including phenoxy) is 15. The van der Waals surface area contributed by atoms with Crippen molar-refractivity contribution in [3.05, 3.63) is 353 Å². The van der Waals surface area contributed by atoms with E-state index in [0.717, 1.165) is 55.0 Å². The maximum atomic E-state index is 13.3. The lowest BCUT2D eigenvalue weighted by Crippen LogP contribution is -2.64. The van der Waals surface area contributed by atoms with E-state index in [2.05, 4.69) is 36.4 Å². The van der Waals surface area contributed by atoms with Crippen LogP contribution in [0, 0.1) is 0 Å². The largest absolute Gasteiger partial charge is 0.463 e. The van der Waals surface area contributed by atoms with E-state index in [1.165, 1.54) is 0 Å². The highest BCUT2D eigenvalue weighted by atomic mass is 32.2. The van der Waals surface area contributed by atoms with Gasteiger partial charge >= 0.3 is 5.97 Å². The number of thioether (sulfide) groups is 1. The molecule has 17 heteroatoms. The minimum atomic E-state index is -1.21. The van der Waals surface area contributed by atoms with Crippen LogP contribution in [-0.4, -0.2) is 117 Å². The molecule has 0 saturated carbocycles. The molecular weight excluding hydrogens is 1370 g/mol. The molecule has 0 radical (unpaired) electrons. The molecule has 3 aliphatic heterocycles. The number of hydrogen-bond acceptors (Lipinski definition) is 17. The molecule has 3 aliphatic rings. The van der Waals surface area contributed by atoms with Gasteiger partial charge in [-0.1, -0.05) is 310 Å². The summed E-state index contributed by atoms with van der Waals surface area (Å²) in [7, 11) is 0. The standard InChI is InChI=1S/C90H94O16S/c1-2-78(91)92-62-75-79(93-53-65-33-13-3-14-34-65)82(96-56-68-39-19-6-20-40-68)85(99-59-71-45-25-9-26-46-71)88(104-75)102-63-76-80(94-54-66-35-15-4-16-36-66)83(97-57-69-41-21-7-22-42-69)86(100-60-72-47-27-10-28-48-72)89(105-76)103-64-77-81(95-55-67-37-17-5-18-38-67)84(98-58-70-43-23-8-24-44-70)87(101-61-73-49-29-11-30-50-73)90(106-77)107-74-51-31-12-32-52-74/h3-52,75-77,79-90H,2,53-64H2,1H3/t75?,76?,77?,79-,80-,81-,82-,83-,84-,85?,86?,87?,88-,89-,90+/m1/s1. The van der Waals surface area contributed by atoms with Crippen molar-refractivity contribution in [1.82, 2.24) is 0 Å². The van der Waals surface area contributed by atoms with Crippen LogP contribution in [0.3, 0.4) is 0 Å². The lowest BCUT2D eigenvalue weighted by atomic mass is 9.96. The molecule has 3 saturated heterocycles. The van der Waals surface area contributed by atoms with Gasteiger partial charge in [-0.15, -0.1) is 0 Å². The van der Waals surface area contributed by atoms with Crippen molar-refractivity contribution in [2.24, 2.45) is 0 Å². The summed E-state index contributed by atoms with van der Waals surface area (Å²) in [6.45, 7) is 3.01. The molecule has 0 aromatic heterocycles. The predicted molar refractivity (Wildman–Crippen MR) is 407 cm³/mol. The highest BCUT2D eigenvalue weighted by Crippen LogP contribution is 2.41. The zero-order valence-corrected chi connectivity index (χ0v) is 61.0. The summed E-state index contributed by atoms with van der Waals surface area (Å²) < 4.78 is 108. The zero-order chi connectivity index (χ0) is 72.9. The number of carbonyl (C=O) groups is 1. The second-order valence-corrected chi connectivity index (χ2v) is 27.8. The number of carbonyl (C=O) groups excluding carboxylic acids is 1. The Kier molecular flexibility index (Phi) is 29.5.